The minimum atomic E-state index is -0.536. The zero-order chi connectivity index (χ0) is 20.8. The minimum absolute atomic E-state index is 0.00774. The Morgan fingerprint density at radius 2 is 1.76 bits per heavy atom. The highest BCUT2D eigenvalue weighted by molar-refractivity contribution is 6.33. The van der Waals surface area contributed by atoms with Gasteiger partial charge in [-0.2, -0.15) is 0 Å². The molecule has 2 amide bonds. The first-order valence-corrected chi connectivity index (χ1v) is 9.26. The molecule has 29 heavy (non-hydrogen) atoms. The number of anilines is 1. The second-order valence-electron chi connectivity index (χ2n) is 6.32. The number of hydrogen-bond donors (Lipinski definition) is 3. The van der Waals surface area contributed by atoms with E-state index in [2.05, 4.69) is 16.2 Å². The number of hydrazine groups is 1. The number of amides is 2. The van der Waals surface area contributed by atoms with Gasteiger partial charge in [0.1, 0.15) is 5.75 Å². The Hall–Kier alpha value is -3.45. The lowest BCUT2D eigenvalue weighted by atomic mass is 10.1. The van der Waals surface area contributed by atoms with E-state index in [1.54, 1.807) is 6.07 Å². The Kier molecular flexibility index (Phi) is 6.41. The zero-order valence-corrected chi connectivity index (χ0v) is 16.8. The number of ether oxygens (including phenoxy) is 1. The van der Waals surface area contributed by atoms with Crippen molar-refractivity contribution in [3.05, 3.63) is 77.1 Å². The van der Waals surface area contributed by atoms with Crippen molar-refractivity contribution in [3.63, 3.8) is 0 Å². The third-order valence-electron chi connectivity index (χ3n) is 4.22. The van der Waals surface area contributed by atoms with Crippen LogP contribution >= 0.6 is 11.6 Å². The van der Waals surface area contributed by atoms with Crippen LogP contribution in [0.4, 0.5) is 5.69 Å². The number of halogens is 1. The molecule has 0 radical (unpaired) electrons. The van der Waals surface area contributed by atoms with Gasteiger partial charge in [-0.15, -0.1) is 0 Å². The summed E-state index contributed by atoms with van der Waals surface area (Å²) in [6, 6.07) is 14.5. The van der Waals surface area contributed by atoms with E-state index in [0.29, 0.717) is 16.5 Å². The van der Waals surface area contributed by atoms with Crippen molar-refractivity contribution in [3.8, 4) is 11.4 Å². The topological polar surface area (TPSA) is 84.4 Å². The van der Waals surface area contributed by atoms with Gasteiger partial charge in [0.2, 0.25) is 0 Å². The van der Waals surface area contributed by atoms with E-state index < -0.39 is 11.8 Å². The van der Waals surface area contributed by atoms with Crippen molar-refractivity contribution in [2.24, 2.45) is 0 Å². The minimum Gasteiger partial charge on any atom is -0.496 e. The van der Waals surface area contributed by atoms with Gasteiger partial charge in [0.15, 0.2) is 0 Å². The Balaban J connectivity index is 1.62. The second-order valence-corrected chi connectivity index (χ2v) is 6.72. The lowest BCUT2D eigenvalue weighted by Crippen LogP contribution is -2.44. The number of rotatable bonds is 6. The molecule has 0 bridgehead atoms. The van der Waals surface area contributed by atoms with Crippen molar-refractivity contribution in [1.29, 1.82) is 0 Å². The highest BCUT2D eigenvalue weighted by atomic mass is 35.5. The molecule has 7 nitrogen and oxygen atoms in total. The van der Waals surface area contributed by atoms with E-state index in [1.807, 2.05) is 60.3 Å². The fraction of sp³-hybridized carbons (Fsp3) is 0.143. The van der Waals surface area contributed by atoms with Crippen molar-refractivity contribution in [1.82, 2.24) is 15.4 Å². The standard InChI is InChI=1S/C21H21ClN4O3/c1-14-5-7-15(8-6-14)23-13-20(27)24-25-21(28)16-11-17(22)18(12-19(16)29-2)26-9-3-4-10-26/h3-12,23H,13H2,1-2H3,(H,24,27)(H,25,28). The summed E-state index contributed by atoms with van der Waals surface area (Å²) in [7, 11) is 1.46. The monoisotopic (exact) mass is 412 g/mol. The largest absolute Gasteiger partial charge is 0.496 e. The van der Waals surface area contributed by atoms with Crippen LogP contribution in [0.15, 0.2) is 60.9 Å². The van der Waals surface area contributed by atoms with Gasteiger partial charge < -0.3 is 14.6 Å². The molecule has 0 saturated heterocycles. The summed E-state index contributed by atoms with van der Waals surface area (Å²) in [6.07, 6.45) is 3.67. The molecule has 2 aromatic carbocycles. The smallest absolute Gasteiger partial charge is 0.273 e. The number of aromatic nitrogens is 1. The predicted octanol–water partition coefficient (Wildman–Crippen LogP) is 3.32. The molecule has 0 fully saturated rings. The molecule has 1 heterocycles. The van der Waals surface area contributed by atoms with Gasteiger partial charge in [0, 0.05) is 24.1 Å². The van der Waals surface area contributed by atoms with E-state index in [-0.39, 0.29) is 12.1 Å². The van der Waals surface area contributed by atoms with Gasteiger partial charge in [-0.3, -0.25) is 20.4 Å². The van der Waals surface area contributed by atoms with Crippen LogP contribution in [0.3, 0.4) is 0 Å². The van der Waals surface area contributed by atoms with E-state index >= 15 is 0 Å². The first-order chi connectivity index (χ1) is 14.0. The van der Waals surface area contributed by atoms with E-state index in [1.165, 1.54) is 13.2 Å². The van der Waals surface area contributed by atoms with Crippen LogP contribution in [0.25, 0.3) is 5.69 Å². The maximum Gasteiger partial charge on any atom is 0.273 e. The Bertz CT molecular complexity index is 1000. The lowest BCUT2D eigenvalue weighted by Gasteiger charge is -2.14. The summed E-state index contributed by atoms with van der Waals surface area (Å²) in [5.74, 6) is -0.595. The molecule has 0 aliphatic rings. The third-order valence-corrected chi connectivity index (χ3v) is 4.52. The number of carbonyl (C=O) groups excluding carboxylic acids is 2. The van der Waals surface area contributed by atoms with Gasteiger partial charge in [-0.1, -0.05) is 29.3 Å². The van der Waals surface area contributed by atoms with Crippen LogP contribution in [-0.4, -0.2) is 30.0 Å². The quantitative estimate of drug-likeness (QED) is 0.542. The summed E-state index contributed by atoms with van der Waals surface area (Å²) in [5.41, 5.74) is 7.57. The molecule has 3 N–H and O–H groups in total. The number of nitrogens with zero attached hydrogens (tertiary/aromatic N) is 1. The van der Waals surface area contributed by atoms with Gasteiger partial charge in [-0.25, -0.2) is 0 Å². The molecule has 1 aromatic heterocycles. The summed E-state index contributed by atoms with van der Waals surface area (Å²) < 4.78 is 7.13. The number of carbonyl (C=O) groups is 2. The lowest BCUT2D eigenvalue weighted by molar-refractivity contribution is -0.120. The van der Waals surface area contributed by atoms with Crippen LogP contribution in [0.2, 0.25) is 5.02 Å². The normalized spacial score (nSPS) is 10.3. The van der Waals surface area contributed by atoms with Crippen molar-refractivity contribution < 1.29 is 14.3 Å². The van der Waals surface area contributed by atoms with Crippen molar-refractivity contribution in [2.45, 2.75) is 6.92 Å². The summed E-state index contributed by atoms with van der Waals surface area (Å²) in [6.45, 7) is 1.99. The predicted molar refractivity (Wildman–Crippen MR) is 113 cm³/mol. The Morgan fingerprint density at radius 3 is 2.41 bits per heavy atom. The molecule has 0 spiro atoms. The molecule has 0 aliphatic heterocycles. The first kappa shape index (κ1) is 20.3. The van der Waals surface area contributed by atoms with Gasteiger partial charge >= 0.3 is 0 Å². The summed E-state index contributed by atoms with van der Waals surface area (Å²) >= 11 is 6.33. The highest BCUT2D eigenvalue weighted by Gasteiger charge is 2.17. The van der Waals surface area contributed by atoms with Crippen LogP contribution < -0.4 is 20.9 Å². The molecule has 0 aliphatic carbocycles. The molecular formula is C21H21ClN4O3. The van der Waals surface area contributed by atoms with Crippen molar-refractivity contribution in [2.75, 3.05) is 19.0 Å². The number of benzene rings is 2. The summed E-state index contributed by atoms with van der Waals surface area (Å²) in [4.78, 5) is 24.5. The fourth-order valence-electron chi connectivity index (χ4n) is 2.67. The van der Waals surface area contributed by atoms with Crippen LogP contribution in [0.5, 0.6) is 5.75 Å². The van der Waals surface area contributed by atoms with E-state index in [0.717, 1.165) is 11.3 Å². The summed E-state index contributed by atoms with van der Waals surface area (Å²) in [5, 5.41) is 3.35. The average Bonchev–Trinajstić information content (AvgIpc) is 3.26. The Labute approximate surface area is 173 Å². The maximum atomic E-state index is 12.5. The fourth-order valence-corrected chi connectivity index (χ4v) is 2.93. The van der Waals surface area contributed by atoms with Gasteiger partial charge in [-0.05, 0) is 37.3 Å². The number of methoxy groups -OCH3 is 1. The van der Waals surface area contributed by atoms with Crippen LogP contribution in [-0.2, 0) is 4.79 Å². The number of hydrogen-bond acceptors (Lipinski definition) is 4. The van der Waals surface area contributed by atoms with Gasteiger partial charge in [0.05, 0.1) is 29.9 Å². The molecule has 150 valence electrons. The molecule has 3 aromatic rings. The van der Waals surface area contributed by atoms with E-state index in [9.17, 15) is 9.59 Å². The average molecular weight is 413 g/mol. The molecular weight excluding hydrogens is 392 g/mol. The number of nitrogens with one attached hydrogen (secondary N) is 3. The highest BCUT2D eigenvalue weighted by Crippen LogP contribution is 2.29. The maximum absolute atomic E-state index is 12.5. The first-order valence-electron chi connectivity index (χ1n) is 8.88. The van der Waals surface area contributed by atoms with Crippen LogP contribution in [0.1, 0.15) is 15.9 Å². The third kappa shape index (κ3) is 5.08. The van der Waals surface area contributed by atoms with E-state index in [4.69, 9.17) is 16.3 Å². The molecule has 0 atom stereocenters. The molecule has 0 unspecified atom stereocenters. The Morgan fingerprint density at radius 1 is 1.07 bits per heavy atom. The molecule has 0 saturated carbocycles. The van der Waals surface area contributed by atoms with Gasteiger partial charge in [0.25, 0.3) is 11.8 Å². The second kappa shape index (κ2) is 9.16. The number of aryl methyl sites for hydroxylation is 1. The van der Waals surface area contributed by atoms with Crippen LogP contribution in [0, 0.1) is 6.92 Å². The van der Waals surface area contributed by atoms with Crippen molar-refractivity contribution >= 4 is 29.1 Å². The SMILES string of the molecule is COc1cc(-n2cccc2)c(Cl)cc1C(=O)NNC(=O)CNc1ccc(C)cc1. The zero-order valence-electron chi connectivity index (χ0n) is 16.0. The molecule has 8 heteroatoms. The molecule has 3 rings (SSSR count).